The Morgan fingerprint density at radius 2 is 2.11 bits per heavy atom. The molecule has 0 radical (unpaired) electrons. The van der Waals surface area contributed by atoms with Crippen LogP contribution >= 0.6 is 15.9 Å². The van der Waals surface area contributed by atoms with Crippen LogP contribution in [0.25, 0.3) is 0 Å². The molecule has 0 amide bonds. The molecule has 4 heteroatoms. The average Bonchev–Trinajstić information content (AvgIpc) is 2.41. The fourth-order valence-electron chi connectivity index (χ4n) is 2.37. The lowest BCUT2D eigenvalue weighted by molar-refractivity contribution is 0.150. The second-order valence-electron chi connectivity index (χ2n) is 5.77. The number of benzene rings is 1. The van der Waals surface area contributed by atoms with Crippen molar-refractivity contribution in [2.45, 2.75) is 19.8 Å². The van der Waals surface area contributed by atoms with E-state index in [0.717, 1.165) is 16.7 Å². The van der Waals surface area contributed by atoms with Crippen LogP contribution in [-0.2, 0) is 0 Å². The van der Waals surface area contributed by atoms with Crippen LogP contribution in [0.3, 0.4) is 0 Å². The van der Waals surface area contributed by atoms with Crippen molar-refractivity contribution in [1.29, 1.82) is 5.26 Å². The topological polar surface area (TPSA) is 39.1 Å². The van der Waals surface area contributed by atoms with Crippen LogP contribution < -0.4 is 5.32 Å². The Labute approximate surface area is 123 Å². The van der Waals surface area contributed by atoms with E-state index in [1.807, 2.05) is 18.2 Å². The Balaban J connectivity index is 1.95. The summed E-state index contributed by atoms with van der Waals surface area (Å²) < 4.78 is 0.855. The van der Waals surface area contributed by atoms with Gasteiger partial charge in [-0.05, 0) is 72.5 Å². The van der Waals surface area contributed by atoms with Gasteiger partial charge < -0.3 is 10.2 Å². The summed E-state index contributed by atoms with van der Waals surface area (Å²) in [5, 5.41) is 12.4. The molecule has 2 rings (SSSR count). The van der Waals surface area contributed by atoms with E-state index in [2.05, 4.69) is 46.2 Å². The molecule has 0 aliphatic carbocycles. The van der Waals surface area contributed by atoms with E-state index in [4.69, 9.17) is 5.26 Å². The Hall–Kier alpha value is -1.05. The molecule has 3 nitrogen and oxygen atoms in total. The summed E-state index contributed by atoms with van der Waals surface area (Å²) in [6, 6.07) is 7.97. The molecule has 1 N–H and O–H groups in total. The van der Waals surface area contributed by atoms with Crippen molar-refractivity contribution in [2.24, 2.45) is 5.41 Å². The molecule has 1 aliphatic heterocycles. The maximum absolute atomic E-state index is 8.90. The molecule has 19 heavy (non-hydrogen) atoms. The summed E-state index contributed by atoms with van der Waals surface area (Å²) in [5.41, 5.74) is 2.12. The van der Waals surface area contributed by atoms with Gasteiger partial charge in [0.2, 0.25) is 0 Å². The standard InChI is InChI=1S/C15H20BrN3/c1-15(5-7-19(2)8-6-15)11-18-13-4-3-12(10-17)14(16)9-13/h3-4,9,18H,5-8,11H2,1-2H3. The van der Waals surface area contributed by atoms with Gasteiger partial charge in [-0.1, -0.05) is 6.92 Å². The molecule has 0 unspecified atom stereocenters. The minimum atomic E-state index is 0.368. The molecule has 0 saturated carbocycles. The molecule has 1 aromatic rings. The number of halogens is 1. The molecule has 1 aliphatic rings. The number of rotatable bonds is 3. The number of hydrogen-bond acceptors (Lipinski definition) is 3. The SMILES string of the molecule is CN1CCC(C)(CNc2ccc(C#N)c(Br)c2)CC1. The molecule has 0 spiro atoms. The smallest absolute Gasteiger partial charge is 0.100 e. The van der Waals surface area contributed by atoms with Gasteiger partial charge in [0, 0.05) is 16.7 Å². The van der Waals surface area contributed by atoms with E-state index in [9.17, 15) is 0 Å². The third kappa shape index (κ3) is 3.71. The van der Waals surface area contributed by atoms with E-state index in [1.54, 1.807) is 0 Å². The third-order valence-electron chi connectivity index (χ3n) is 4.00. The molecule has 0 aromatic heterocycles. The summed E-state index contributed by atoms with van der Waals surface area (Å²) in [5.74, 6) is 0. The van der Waals surface area contributed by atoms with Gasteiger partial charge in [0.05, 0.1) is 5.56 Å². The number of piperidine rings is 1. The van der Waals surface area contributed by atoms with Crippen molar-refractivity contribution in [3.8, 4) is 6.07 Å². The summed E-state index contributed by atoms with van der Waals surface area (Å²) in [4.78, 5) is 2.39. The van der Waals surface area contributed by atoms with Gasteiger partial charge in [-0.3, -0.25) is 0 Å². The highest BCUT2D eigenvalue weighted by atomic mass is 79.9. The van der Waals surface area contributed by atoms with E-state index >= 15 is 0 Å². The Morgan fingerprint density at radius 3 is 2.68 bits per heavy atom. The number of nitriles is 1. The van der Waals surface area contributed by atoms with Crippen LogP contribution in [0.4, 0.5) is 5.69 Å². The summed E-state index contributed by atoms with van der Waals surface area (Å²) in [6.45, 7) is 5.69. The van der Waals surface area contributed by atoms with Crippen LogP contribution in [0.2, 0.25) is 0 Å². The Bertz CT molecular complexity index is 485. The summed E-state index contributed by atoms with van der Waals surface area (Å²) in [6.07, 6.45) is 2.46. The highest BCUT2D eigenvalue weighted by molar-refractivity contribution is 9.10. The van der Waals surface area contributed by atoms with Crippen LogP contribution in [0.1, 0.15) is 25.3 Å². The number of likely N-dealkylation sites (tertiary alicyclic amines) is 1. The highest BCUT2D eigenvalue weighted by Gasteiger charge is 2.28. The Morgan fingerprint density at radius 1 is 1.42 bits per heavy atom. The molecule has 0 bridgehead atoms. The number of nitrogens with one attached hydrogen (secondary N) is 1. The zero-order valence-corrected chi connectivity index (χ0v) is 13.1. The van der Waals surface area contributed by atoms with Crippen molar-refractivity contribution in [3.63, 3.8) is 0 Å². The molecule has 0 atom stereocenters. The number of anilines is 1. The number of hydrogen-bond donors (Lipinski definition) is 1. The molecular weight excluding hydrogens is 302 g/mol. The lowest BCUT2D eigenvalue weighted by atomic mass is 9.80. The van der Waals surface area contributed by atoms with E-state index < -0.39 is 0 Å². The average molecular weight is 322 g/mol. The second kappa shape index (κ2) is 5.94. The van der Waals surface area contributed by atoms with Gasteiger partial charge in [0.15, 0.2) is 0 Å². The van der Waals surface area contributed by atoms with Crippen LogP contribution in [0.15, 0.2) is 22.7 Å². The monoisotopic (exact) mass is 321 g/mol. The molecule has 1 saturated heterocycles. The van der Waals surface area contributed by atoms with Crippen LogP contribution in [0.5, 0.6) is 0 Å². The third-order valence-corrected chi connectivity index (χ3v) is 4.66. The van der Waals surface area contributed by atoms with Gasteiger partial charge in [-0.25, -0.2) is 0 Å². The second-order valence-corrected chi connectivity index (χ2v) is 6.63. The molecule has 1 aromatic carbocycles. The predicted octanol–water partition coefficient (Wildman–Crippen LogP) is 3.46. The van der Waals surface area contributed by atoms with E-state index in [-0.39, 0.29) is 0 Å². The van der Waals surface area contributed by atoms with Crippen molar-refractivity contribution in [1.82, 2.24) is 4.90 Å². The largest absolute Gasteiger partial charge is 0.384 e. The van der Waals surface area contributed by atoms with E-state index in [0.29, 0.717) is 11.0 Å². The van der Waals surface area contributed by atoms with Crippen LogP contribution in [-0.4, -0.2) is 31.6 Å². The predicted molar refractivity (Wildman–Crippen MR) is 82.2 cm³/mol. The van der Waals surface area contributed by atoms with Gasteiger partial charge in [0.25, 0.3) is 0 Å². The Kier molecular flexibility index (Phi) is 4.49. The summed E-state index contributed by atoms with van der Waals surface area (Å²) >= 11 is 3.43. The highest BCUT2D eigenvalue weighted by Crippen LogP contribution is 2.31. The van der Waals surface area contributed by atoms with Gasteiger partial charge in [-0.2, -0.15) is 5.26 Å². The minimum Gasteiger partial charge on any atom is -0.384 e. The van der Waals surface area contributed by atoms with Crippen LogP contribution in [0, 0.1) is 16.7 Å². The molecule has 1 heterocycles. The quantitative estimate of drug-likeness (QED) is 0.926. The van der Waals surface area contributed by atoms with Gasteiger partial charge >= 0.3 is 0 Å². The first kappa shape index (κ1) is 14.4. The molecular formula is C15H20BrN3. The lowest BCUT2D eigenvalue weighted by Crippen LogP contribution is -2.40. The first-order chi connectivity index (χ1) is 9.02. The normalized spacial score (nSPS) is 18.8. The molecule has 102 valence electrons. The zero-order valence-electron chi connectivity index (χ0n) is 11.5. The minimum absolute atomic E-state index is 0.368. The number of nitrogens with zero attached hydrogens (tertiary/aromatic N) is 2. The zero-order chi connectivity index (χ0) is 13.9. The first-order valence-electron chi connectivity index (χ1n) is 6.64. The van der Waals surface area contributed by atoms with Crippen molar-refractivity contribution < 1.29 is 0 Å². The fraction of sp³-hybridized carbons (Fsp3) is 0.533. The fourth-order valence-corrected chi connectivity index (χ4v) is 2.83. The maximum Gasteiger partial charge on any atom is 0.100 e. The summed E-state index contributed by atoms with van der Waals surface area (Å²) in [7, 11) is 2.19. The first-order valence-corrected chi connectivity index (χ1v) is 7.44. The van der Waals surface area contributed by atoms with E-state index in [1.165, 1.54) is 25.9 Å². The van der Waals surface area contributed by atoms with Crippen molar-refractivity contribution in [2.75, 3.05) is 32.0 Å². The van der Waals surface area contributed by atoms with Gasteiger partial charge in [-0.15, -0.1) is 0 Å². The molecule has 1 fully saturated rings. The maximum atomic E-state index is 8.90. The van der Waals surface area contributed by atoms with Crippen molar-refractivity contribution in [3.05, 3.63) is 28.2 Å². The van der Waals surface area contributed by atoms with Crippen molar-refractivity contribution >= 4 is 21.6 Å². The van der Waals surface area contributed by atoms with Gasteiger partial charge in [0.1, 0.15) is 6.07 Å². The lowest BCUT2D eigenvalue weighted by Gasteiger charge is -2.38.